The van der Waals surface area contributed by atoms with Crippen LogP contribution in [0.15, 0.2) is 30.3 Å². The van der Waals surface area contributed by atoms with Gasteiger partial charge in [0.25, 0.3) is 0 Å². The number of nitrogens with zero attached hydrogens (tertiary/aromatic N) is 1. The van der Waals surface area contributed by atoms with E-state index in [1.54, 1.807) is 29.2 Å². The molecule has 0 N–H and O–H groups in total. The van der Waals surface area contributed by atoms with E-state index in [-0.39, 0.29) is 30.4 Å². The number of amides is 1. The normalized spacial score (nSPS) is 19.7. The number of piperidine rings is 1. The van der Waals surface area contributed by atoms with Crippen LogP contribution in [0.5, 0.6) is 0 Å². The summed E-state index contributed by atoms with van der Waals surface area (Å²) in [7, 11) is 0. The Hall–Kier alpha value is -1.97. The van der Waals surface area contributed by atoms with Gasteiger partial charge >= 0.3 is 0 Å². The Kier molecular flexibility index (Phi) is 3.55. The van der Waals surface area contributed by atoms with Crippen molar-refractivity contribution in [2.45, 2.75) is 13.3 Å². The van der Waals surface area contributed by atoms with E-state index in [1.165, 1.54) is 6.92 Å². The number of Topliss-reactive ketones (excluding diaryl/α,β-unsaturated/α-hetero) is 2. The van der Waals surface area contributed by atoms with Crippen molar-refractivity contribution in [2.75, 3.05) is 13.1 Å². The molecule has 1 heterocycles. The van der Waals surface area contributed by atoms with Crippen molar-refractivity contribution in [1.82, 2.24) is 4.90 Å². The Labute approximate surface area is 106 Å². The summed E-state index contributed by atoms with van der Waals surface area (Å²) in [5.74, 6) is -1.05. The quantitative estimate of drug-likeness (QED) is 0.583. The summed E-state index contributed by atoms with van der Waals surface area (Å²) in [5.41, 5.74) is 0.529. The predicted octanol–water partition coefficient (Wildman–Crippen LogP) is 1.31. The van der Waals surface area contributed by atoms with Crippen molar-refractivity contribution < 1.29 is 14.4 Å². The van der Waals surface area contributed by atoms with Gasteiger partial charge in [-0.05, 0) is 0 Å². The van der Waals surface area contributed by atoms with Crippen LogP contribution in [0.25, 0.3) is 0 Å². The van der Waals surface area contributed by atoms with E-state index in [0.29, 0.717) is 12.1 Å². The second-order valence-corrected chi connectivity index (χ2v) is 4.46. The third kappa shape index (κ3) is 2.47. The topological polar surface area (TPSA) is 54.5 Å². The number of benzene rings is 1. The van der Waals surface area contributed by atoms with Crippen LogP contribution >= 0.6 is 0 Å². The second-order valence-electron chi connectivity index (χ2n) is 4.46. The highest BCUT2D eigenvalue weighted by molar-refractivity contribution is 6.11. The van der Waals surface area contributed by atoms with Gasteiger partial charge in [-0.1, -0.05) is 30.3 Å². The van der Waals surface area contributed by atoms with Crippen LogP contribution in [0.2, 0.25) is 0 Å². The van der Waals surface area contributed by atoms with Crippen molar-refractivity contribution in [3.63, 3.8) is 0 Å². The van der Waals surface area contributed by atoms with Crippen molar-refractivity contribution >= 4 is 17.5 Å². The first-order valence-electron chi connectivity index (χ1n) is 5.97. The van der Waals surface area contributed by atoms with E-state index in [9.17, 15) is 14.4 Å². The Morgan fingerprint density at radius 2 is 1.89 bits per heavy atom. The molecule has 0 aromatic heterocycles. The Bertz CT molecular complexity index is 481. The molecule has 4 nitrogen and oxygen atoms in total. The molecular formula is C14H15NO3. The van der Waals surface area contributed by atoms with E-state index in [4.69, 9.17) is 0 Å². The molecule has 2 rings (SSSR count). The molecule has 1 aliphatic rings. The molecular weight excluding hydrogens is 230 g/mol. The number of likely N-dealkylation sites (tertiary alicyclic amines) is 1. The minimum absolute atomic E-state index is 0.0682. The molecule has 0 spiro atoms. The first-order valence-corrected chi connectivity index (χ1v) is 5.97. The van der Waals surface area contributed by atoms with E-state index in [2.05, 4.69) is 0 Å². The number of hydrogen-bond donors (Lipinski definition) is 0. The Morgan fingerprint density at radius 3 is 2.50 bits per heavy atom. The maximum absolute atomic E-state index is 12.2. The van der Waals surface area contributed by atoms with E-state index in [1.807, 2.05) is 6.07 Å². The average molecular weight is 245 g/mol. The highest BCUT2D eigenvalue weighted by Crippen LogP contribution is 2.18. The molecule has 1 saturated heterocycles. The van der Waals surface area contributed by atoms with Crippen LogP contribution < -0.4 is 0 Å². The van der Waals surface area contributed by atoms with Gasteiger partial charge in [-0.2, -0.15) is 0 Å². The SMILES string of the molecule is CC(=O)N1CCC(=O)C(C(=O)c2ccccc2)C1. The number of carbonyl (C=O) groups excluding carboxylic acids is 3. The van der Waals surface area contributed by atoms with E-state index >= 15 is 0 Å². The lowest BCUT2D eigenvalue weighted by Gasteiger charge is -2.30. The zero-order chi connectivity index (χ0) is 13.1. The standard InChI is InChI=1S/C14H15NO3/c1-10(16)15-8-7-13(17)12(9-15)14(18)11-5-3-2-4-6-11/h2-6,12H,7-9H2,1H3. The third-order valence-corrected chi connectivity index (χ3v) is 3.24. The molecule has 1 aromatic carbocycles. The molecule has 1 aromatic rings. The molecule has 1 unspecified atom stereocenters. The largest absolute Gasteiger partial charge is 0.341 e. The molecule has 94 valence electrons. The molecule has 18 heavy (non-hydrogen) atoms. The number of carbonyl (C=O) groups is 3. The van der Waals surface area contributed by atoms with Crippen LogP contribution in [0.4, 0.5) is 0 Å². The van der Waals surface area contributed by atoms with Gasteiger partial charge in [0.1, 0.15) is 5.78 Å². The third-order valence-electron chi connectivity index (χ3n) is 3.24. The van der Waals surface area contributed by atoms with Crippen molar-refractivity contribution in [2.24, 2.45) is 5.92 Å². The summed E-state index contributed by atoms with van der Waals surface area (Å²) >= 11 is 0. The van der Waals surface area contributed by atoms with Gasteiger partial charge in [0.05, 0.1) is 5.92 Å². The fourth-order valence-electron chi connectivity index (χ4n) is 2.15. The minimum Gasteiger partial charge on any atom is -0.341 e. The van der Waals surface area contributed by atoms with Gasteiger partial charge in [-0.15, -0.1) is 0 Å². The number of ketones is 2. The van der Waals surface area contributed by atoms with Crippen LogP contribution in [0.3, 0.4) is 0 Å². The summed E-state index contributed by atoms with van der Waals surface area (Å²) in [6.45, 7) is 2.09. The van der Waals surface area contributed by atoms with Gasteiger partial charge in [-0.25, -0.2) is 0 Å². The van der Waals surface area contributed by atoms with Gasteiger partial charge in [0.2, 0.25) is 5.91 Å². The van der Waals surface area contributed by atoms with E-state index in [0.717, 1.165) is 0 Å². The Morgan fingerprint density at radius 1 is 1.22 bits per heavy atom. The maximum Gasteiger partial charge on any atom is 0.219 e. The lowest BCUT2D eigenvalue weighted by Crippen LogP contribution is -2.46. The average Bonchev–Trinajstić information content (AvgIpc) is 2.39. The fraction of sp³-hybridized carbons (Fsp3) is 0.357. The predicted molar refractivity (Wildman–Crippen MR) is 66.1 cm³/mol. The van der Waals surface area contributed by atoms with Gasteiger partial charge in [0.15, 0.2) is 5.78 Å². The molecule has 0 radical (unpaired) electrons. The highest BCUT2D eigenvalue weighted by Gasteiger charge is 2.33. The molecule has 1 fully saturated rings. The maximum atomic E-state index is 12.2. The molecule has 1 amide bonds. The molecule has 4 heteroatoms. The molecule has 1 aliphatic heterocycles. The summed E-state index contributed by atoms with van der Waals surface area (Å²) in [5, 5.41) is 0. The van der Waals surface area contributed by atoms with E-state index < -0.39 is 5.92 Å². The summed E-state index contributed by atoms with van der Waals surface area (Å²) < 4.78 is 0. The monoisotopic (exact) mass is 245 g/mol. The Balaban J connectivity index is 2.18. The number of hydrogen-bond acceptors (Lipinski definition) is 3. The fourth-order valence-corrected chi connectivity index (χ4v) is 2.15. The van der Waals surface area contributed by atoms with Crippen LogP contribution in [0, 0.1) is 5.92 Å². The number of rotatable bonds is 2. The summed E-state index contributed by atoms with van der Waals surface area (Å²) in [6.07, 6.45) is 0.267. The molecule has 0 saturated carbocycles. The van der Waals surface area contributed by atoms with Crippen LogP contribution in [-0.2, 0) is 9.59 Å². The molecule has 1 atom stereocenters. The first-order chi connectivity index (χ1) is 8.59. The van der Waals surface area contributed by atoms with Gasteiger partial charge in [0, 0.05) is 32.0 Å². The minimum atomic E-state index is -0.704. The molecule has 0 bridgehead atoms. The second kappa shape index (κ2) is 5.12. The lowest BCUT2D eigenvalue weighted by molar-refractivity contribution is -0.134. The first kappa shape index (κ1) is 12.5. The zero-order valence-corrected chi connectivity index (χ0v) is 10.3. The lowest BCUT2D eigenvalue weighted by atomic mass is 9.89. The highest BCUT2D eigenvalue weighted by atomic mass is 16.2. The van der Waals surface area contributed by atoms with Crippen molar-refractivity contribution in [1.29, 1.82) is 0 Å². The zero-order valence-electron chi connectivity index (χ0n) is 10.3. The van der Waals surface area contributed by atoms with Crippen LogP contribution in [-0.4, -0.2) is 35.5 Å². The van der Waals surface area contributed by atoms with Gasteiger partial charge in [-0.3, -0.25) is 14.4 Å². The molecule has 0 aliphatic carbocycles. The van der Waals surface area contributed by atoms with Crippen LogP contribution in [0.1, 0.15) is 23.7 Å². The van der Waals surface area contributed by atoms with Crippen molar-refractivity contribution in [3.8, 4) is 0 Å². The smallest absolute Gasteiger partial charge is 0.219 e. The summed E-state index contributed by atoms with van der Waals surface area (Å²) in [4.78, 5) is 36.9. The van der Waals surface area contributed by atoms with Crippen molar-refractivity contribution in [3.05, 3.63) is 35.9 Å². The van der Waals surface area contributed by atoms with Gasteiger partial charge < -0.3 is 4.90 Å². The summed E-state index contributed by atoms with van der Waals surface area (Å²) in [6, 6.07) is 8.75.